The molecule has 0 amide bonds. The van der Waals surface area contributed by atoms with Crippen LogP contribution >= 0.6 is 0 Å². The third-order valence-electron chi connectivity index (χ3n) is 6.91. The molecule has 186 valence electrons. The number of allylic oxidation sites excluding steroid dienone is 3. The molecule has 0 aromatic heterocycles. The Hall–Kier alpha value is -3.14. The molecule has 1 aliphatic rings. The van der Waals surface area contributed by atoms with Gasteiger partial charge in [-0.25, -0.2) is 0 Å². The van der Waals surface area contributed by atoms with Gasteiger partial charge in [-0.05, 0) is 80.2 Å². The molecule has 1 fully saturated rings. The maximum absolute atomic E-state index is 12.7. The summed E-state index contributed by atoms with van der Waals surface area (Å²) in [6, 6.07) is 17.1. The van der Waals surface area contributed by atoms with Crippen molar-refractivity contribution in [1.29, 1.82) is 0 Å². The van der Waals surface area contributed by atoms with Crippen LogP contribution in [0.4, 0.5) is 11.4 Å². The van der Waals surface area contributed by atoms with E-state index in [4.69, 9.17) is 0 Å². The fourth-order valence-corrected chi connectivity index (χ4v) is 4.87. The topological polar surface area (TPSA) is 40.6 Å². The van der Waals surface area contributed by atoms with Crippen LogP contribution in [0.2, 0.25) is 0 Å². The van der Waals surface area contributed by atoms with E-state index in [1.807, 2.05) is 19.9 Å². The highest BCUT2D eigenvalue weighted by Gasteiger charge is 2.35. The standard InChI is InChI=1S/C31H40N2O2/c1-7-32(8-2)25-15-11-23(12-16-25)27(24-13-17-26(18-14-24)33(9-3)10-4)19-20-28-29(34)21-31(5,6)22-30(28)35/h11-20H,7-10,21-22H2,1-6H3. The lowest BCUT2D eigenvalue weighted by atomic mass is 9.74. The number of ketones is 2. The molecule has 35 heavy (non-hydrogen) atoms. The molecule has 4 heteroatoms. The predicted molar refractivity (Wildman–Crippen MR) is 148 cm³/mol. The highest BCUT2D eigenvalue weighted by molar-refractivity contribution is 6.22. The van der Waals surface area contributed by atoms with E-state index in [1.54, 1.807) is 6.08 Å². The van der Waals surface area contributed by atoms with E-state index < -0.39 is 0 Å². The van der Waals surface area contributed by atoms with Gasteiger partial charge in [0.2, 0.25) is 0 Å². The van der Waals surface area contributed by atoms with Crippen molar-refractivity contribution < 1.29 is 9.59 Å². The van der Waals surface area contributed by atoms with Gasteiger partial charge in [-0.15, -0.1) is 0 Å². The summed E-state index contributed by atoms with van der Waals surface area (Å²) in [6.45, 7) is 16.4. The van der Waals surface area contributed by atoms with Crippen molar-refractivity contribution in [3.8, 4) is 0 Å². The van der Waals surface area contributed by atoms with E-state index in [0.717, 1.165) is 42.9 Å². The van der Waals surface area contributed by atoms with Crippen LogP contribution in [-0.4, -0.2) is 37.7 Å². The molecular formula is C31H40N2O2. The molecule has 0 unspecified atom stereocenters. The van der Waals surface area contributed by atoms with Gasteiger partial charge in [0, 0.05) is 50.4 Å². The van der Waals surface area contributed by atoms with E-state index in [1.165, 1.54) is 11.4 Å². The molecule has 2 aromatic carbocycles. The minimum absolute atomic E-state index is 0.0596. The number of hydrogen-bond donors (Lipinski definition) is 0. The van der Waals surface area contributed by atoms with Crippen LogP contribution in [0.15, 0.2) is 66.3 Å². The molecule has 0 N–H and O–H groups in total. The number of anilines is 2. The molecule has 0 atom stereocenters. The molecule has 4 nitrogen and oxygen atoms in total. The van der Waals surface area contributed by atoms with Crippen LogP contribution < -0.4 is 9.80 Å². The first-order chi connectivity index (χ1) is 16.7. The van der Waals surface area contributed by atoms with Gasteiger partial charge in [0.05, 0.1) is 5.57 Å². The Morgan fingerprint density at radius 1 is 0.714 bits per heavy atom. The predicted octanol–water partition coefficient (Wildman–Crippen LogP) is 6.70. The average Bonchev–Trinajstić information content (AvgIpc) is 2.83. The molecule has 0 spiro atoms. The zero-order chi connectivity index (χ0) is 25.6. The molecule has 1 saturated carbocycles. The number of carbonyl (C=O) groups is 2. The van der Waals surface area contributed by atoms with Gasteiger partial charge in [0.1, 0.15) is 0 Å². The zero-order valence-corrected chi connectivity index (χ0v) is 22.2. The lowest BCUT2D eigenvalue weighted by Crippen LogP contribution is -2.31. The lowest BCUT2D eigenvalue weighted by molar-refractivity contribution is -0.127. The molecule has 0 heterocycles. The summed E-state index contributed by atoms with van der Waals surface area (Å²) in [6.07, 6.45) is 4.50. The van der Waals surface area contributed by atoms with Gasteiger partial charge in [-0.2, -0.15) is 0 Å². The minimum atomic E-state index is -0.265. The van der Waals surface area contributed by atoms with Gasteiger partial charge in [0.25, 0.3) is 0 Å². The highest BCUT2D eigenvalue weighted by Crippen LogP contribution is 2.34. The first kappa shape index (κ1) is 26.5. The fourth-order valence-electron chi connectivity index (χ4n) is 4.87. The van der Waals surface area contributed by atoms with Crippen LogP contribution in [-0.2, 0) is 9.59 Å². The Morgan fingerprint density at radius 2 is 1.09 bits per heavy atom. The molecule has 0 saturated heterocycles. The van der Waals surface area contributed by atoms with Crippen molar-refractivity contribution >= 4 is 28.5 Å². The lowest BCUT2D eigenvalue weighted by Gasteiger charge is -2.28. The monoisotopic (exact) mass is 472 g/mol. The Bertz CT molecular complexity index is 1000. The SMILES string of the molecule is CCN(CC)c1ccc(C(=CC=C2C(=O)CC(C)(C)CC2=O)c2ccc(N(CC)CC)cc2)cc1. The van der Waals surface area contributed by atoms with Crippen molar-refractivity contribution in [1.82, 2.24) is 0 Å². The molecular weight excluding hydrogens is 432 g/mol. The summed E-state index contributed by atoms with van der Waals surface area (Å²) >= 11 is 0. The van der Waals surface area contributed by atoms with Crippen LogP contribution in [0.1, 0.15) is 65.5 Å². The fraction of sp³-hybridized carbons (Fsp3) is 0.419. The van der Waals surface area contributed by atoms with E-state index in [2.05, 4.69) is 86.0 Å². The Morgan fingerprint density at radius 3 is 1.43 bits per heavy atom. The highest BCUT2D eigenvalue weighted by atomic mass is 16.1. The van der Waals surface area contributed by atoms with Crippen LogP contribution in [0.5, 0.6) is 0 Å². The van der Waals surface area contributed by atoms with E-state index in [-0.39, 0.29) is 17.0 Å². The molecule has 2 aromatic rings. The van der Waals surface area contributed by atoms with Crippen LogP contribution in [0.3, 0.4) is 0 Å². The van der Waals surface area contributed by atoms with Crippen molar-refractivity contribution in [2.45, 2.75) is 54.4 Å². The molecule has 0 aliphatic heterocycles. The van der Waals surface area contributed by atoms with E-state index in [0.29, 0.717) is 18.4 Å². The normalized spacial score (nSPS) is 15.1. The quantitative estimate of drug-likeness (QED) is 0.301. The Labute approximate surface area is 211 Å². The molecule has 3 rings (SSSR count). The number of rotatable bonds is 9. The summed E-state index contributed by atoms with van der Waals surface area (Å²) < 4.78 is 0. The van der Waals surface area contributed by atoms with Gasteiger partial charge in [-0.1, -0.05) is 44.2 Å². The van der Waals surface area contributed by atoms with E-state index >= 15 is 0 Å². The Kier molecular flexibility index (Phi) is 8.71. The third kappa shape index (κ3) is 6.30. The van der Waals surface area contributed by atoms with Crippen LogP contribution in [0, 0.1) is 5.41 Å². The maximum atomic E-state index is 12.7. The molecule has 1 aliphatic carbocycles. The minimum Gasteiger partial charge on any atom is -0.372 e. The van der Waals surface area contributed by atoms with Gasteiger partial charge >= 0.3 is 0 Å². The zero-order valence-electron chi connectivity index (χ0n) is 22.2. The van der Waals surface area contributed by atoms with Crippen molar-refractivity contribution in [2.24, 2.45) is 5.41 Å². The van der Waals surface area contributed by atoms with Gasteiger partial charge in [0.15, 0.2) is 11.6 Å². The number of nitrogens with zero attached hydrogens (tertiary/aromatic N) is 2. The Balaban J connectivity index is 2.04. The number of hydrogen-bond acceptors (Lipinski definition) is 4. The van der Waals surface area contributed by atoms with Crippen molar-refractivity contribution in [3.63, 3.8) is 0 Å². The van der Waals surface area contributed by atoms with Gasteiger partial charge in [-0.3, -0.25) is 9.59 Å². The van der Waals surface area contributed by atoms with E-state index in [9.17, 15) is 9.59 Å². The summed E-state index contributed by atoms with van der Waals surface area (Å²) in [4.78, 5) is 30.1. The second-order valence-corrected chi connectivity index (χ2v) is 9.96. The summed E-state index contributed by atoms with van der Waals surface area (Å²) in [5, 5.41) is 0. The smallest absolute Gasteiger partial charge is 0.166 e. The van der Waals surface area contributed by atoms with Crippen molar-refractivity contribution in [3.05, 3.63) is 77.4 Å². The largest absolute Gasteiger partial charge is 0.372 e. The second-order valence-electron chi connectivity index (χ2n) is 9.96. The molecule has 0 radical (unpaired) electrons. The number of carbonyl (C=O) groups excluding carboxylic acids is 2. The summed E-state index contributed by atoms with van der Waals surface area (Å²) in [5.41, 5.74) is 5.55. The average molecular weight is 473 g/mol. The number of Topliss-reactive ketones (excluding diaryl/α,β-unsaturated/α-hetero) is 2. The summed E-state index contributed by atoms with van der Waals surface area (Å²) in [7, 11) is 0. The molecule has 0 bridgehead atoms. The van der Waals surface area contributed by atoms with Crippen molar-refractivity contribution in [2.75, 3.05) is 36.0 Å². The second kappa shape index (κ2) is 11.5. The summed E-state index contributed by atoms with van der Waals surface area (Å²) in [5.74, 6) is -0.119. The third-order valence-corrected chi connectivity index (χ3v) is 6.91. The maximum Gasteiger partial charge on any atom is 0.166 e. The van der Waals surface area contributed by atoms with Gasteiger partial charge < -0.3 is 9.80 Å². The first-order valence-electron chi connectivity index (χ1n) is 12.9. The first-order valence-corrected chi connectivity index (χ1v) is 12.9. The number of benzene rings is 2. The van der Waals surface area contributed by atoms with Crippen LogP contribution in [0.25, 0.3) is 5.57 Å².